The first-order chi connectivity index (χ1) is 7.16. The molecule has 1 saturated heterocycles. The highest BCUT2D eigenvalue weighted by Crippen LogP contribution is 2.24. The van der Waals surface area contributed by atoms with E-state index < -0.39 is 0 Å². The lowest BCUT2D eigenvalue weighted by Crippen LogP contribution is -2.49. The minimum Gasteiger partial charge on any atom is -0.380 e. The van der Waals surface area contributed by atoms with Crippen molar-refractivity contribution in [2.45, 2.75) is 13.3 Å². The number of nitriles is 1. The molecule has 0 aromatic rings. The maximum absolute atomic E-state index is 11.2. The van der Waals surface area contributed by atoms with E-state index in [1.165, 1.54) is 0 Å². The van der Waals surface area contributed by atoms with Crippen LogP contribution in [0.2, 0.25) is 0 Å². The van der Waals surface area contributed by atoms with Crippen LogP contribution in [0.1, 0.15) is 13.3 Å². The van der Waals surface area contributed by atoms with Gasteiger partial charge < -0.3 is 15.4 Å². The Morgan fingerprint density at radius 3 is 2.87 bits per heavy atom. The number of carbonyl (C=O) groups is 1. The molecule has 84 valence electrons. The summed E-state index contributed by atoms with van der Waals surface area (Å²) in [6.45, 7) is 5.17. The SMILES string of the molecule is CC1(CNCC(=O)NCCC#N)COC1. The van der Waals surface area contributed by atoms with Crippen molar-refractivity contribution in [3.05, 3.63) is 0 Å². The Morgan fingerprint density at radius 2 is 2.33 bits per heavy atom. The van der Waals surface area contributed by atoms with Gasteiger partial charge in [-0.15, -0.1) is 0 Å². The van der Waals surface area contributed by atoms with E-state index in [4.69, 9.17) is 10.00 Å². The molecule has 1 heterocycles. The van der Waals surface area contributed by atoms with Gasteiger partial charge in [-0.2, -0.15) is 5.26 Å². The van der Waals surface area contributed by atoms with Crippen LogP contribution in [0.25, 0.3) is 0 Å². The van der Waals surface area contributed by atoms with E-state index in [1.54, 1.807) is 0 Å². The summed E-state index contributed by atoms with van der Waals surface area (Å²) in [5, 5.41) is 14.0. The molecule has 0 aromatic carbocycles. The number of nitrogens with zero attached hydrogens (tertiary/aromatic N) is 1. The zero-order valence-corrected chi connectivity index (χ0v) is 9.01. The van der Waals surface area contributed by atoms with Crippen molar-refractivity contribution in [3.8, 4) is 6.07 Å². The Bertz CT molecular complexity index is 256. The molecule has 0 aromatic heterocycles. The molecule has 5 heteroatoms. The van der Waals surface area contributed by atoms with Crippen molar-refractivity contribution in [1.29, 1.82) is 5.26 Å². The van der Waals surface area contributed by atoms with Gasteiger partial charge in [0.05, 0.1) is 32.2 Å². The lowest BCUT2D eigenvalue weighted by molar-refractivity contribution is -0.121. The number of carbonyl (C=O) groups excluding carboxylic acids is 1. The van der Waals surface area contributed by atoms with Gasteiger partial charge in [0.15, 0.2) is 0 Å². The van der Waals surface area contributed by atoms with E-state index in [0.29, 0.717) is 19.5 Å². The molecule has 0 spiro atoms. The van der Waals surface area contributed by atoms with Crippen molar-refractivity contribution < 1.29 is 9.53 Å². The molecule has 0 aliphatic carbocycles. The molecule has 1 rings (SSSR count). The van der Waals surface area contributed by atoms with Crippen LogP contribution < -0.4 is 10.6 Å². The van der Waals surface area contributed by atoms with Crippen LogP contribution in [0, 0.1) is 16.7 Å². The minimum atomic E-state index is -0.0610. The molecule has 5 nitrogen and oxygen atoms in total. The first-order valence-corrected chi connectivity index (χ1v) is 5.08. The largest absolute Gasteiger partial charge is 0.380 e. The van der Waals surface area contributed by atoms with E-state index in [1.807, 2.05) is 6.07 Å². The van der Waals surface area contributed by atoms with Crippen LogP contribution in [0.4, 0.5) is 0 Å². The zero-order valence-electron chi connectivity index (χ0n) is 9.01. The molecule has 1 fully saturated rings. The predicted molar refractivity (Wildman–Crippen MR) is 55.0 cm³/mol. The zero-order chi connectivity index (χ0) is 11.1. The van der Waals surface area contributed by atoms with Gasteiger partial charge in [-0.25, -0.2) is 0 Å². The molecule has 1 aliphatic heterocycles. The van der Waals surface area contributed by atoms with Crippen molar-refractivity contribution in [2.75, 3.05) is 32.8 Å². The number of amides is 1. The highest BCUT2D eigenvalue weighted by molar-refractivity contribution is 5.77. The molecule has 15 heavy (non-hydrogen) atoms. The first-order valence-electron chi connectivity index (χ1n) is 5.08. The van der Waals surface area contributed by atoms with Crippen LogP contribution in [0.5, 0.6) is 0 Å². The van der Waals surface area contributed by atoms with Gasteiger partial charge in [-0.3, -0.25) is 4.79 Å². The summed E-state index contributed by atoms with van der Waals surface area (Å²) in [6.07, 6.45) is 0.358. The normalized spacial score (nSPS) is 17.6. The first kappa shape index (κ1) is 12.0. The molecule has 0 bridgehead atoms. The summed E-state index contributed by atoms with van der Waals surface area (Å²) in [6, 6.07) is 1.97. The maximum atomic E-state index is 11.2. The van der Waals surface area contributed by atoms with E-state index >= 15 is 0 Å². The van der Waals surface area contributed by atoms with Crippen LogP contribution in [0.3, 0.4) is 0 Å². The fourth-order valence-electron chi connectivity index (χ4n) is 1.35. The minimum absolute atomic E-state index is 0.0610. The van der Waals surface area contributed by atoms with Gasteiger partial charge in [0.2, 0.25) is 5.91 Å². The van der Waals surface area contributed by atoms with Gasteiger partial charge >= 0.3 is 0 Å². The molecular weight excluding hydrogens is 194 g/mol. The summed E-state index contributed by atoms with van der Waals surface area (Å²) < 4.78 is 5.10. The third kappa shape index (κ3) is 4.28. The van der Waals surface area contributed by atoms with Crippen LogP contribution in [-0.2, 0) is 9.53 Å². The quantitative estimate of drug-likeness (QED) is 0.588. The summed E-state index contributed by atoms with van der Waals surface area (Å²) in [4.78, 5) is 11.2. The predicted octanol–water partition coefficient (Wildman–Crippen LogP) is -0.358. The van der Waals surface area contributed by atoms with E-state index in [-0.39, 0.29) is 11.3 Å². The van der Waals surface area contributed by atoms with Crippen LogP contribution in [0.15, 0.2) is 0 Å². The fourth-order valence-corrected chi connectivity index (χ4v) is 1.35. The van der Waals surface area contributed by atoms with Gasteiger partial charge in [-0.1, -0.05) is 6.92 Å². The highest BCUT2D eigenvalue weighted by atomic mass is 16.5. The van der Waals surface area contributed by atoms with Crippen molar-refractivity contribution in [2.24, 2.45) is 5.41 Å². The van der Waals surface area contributed by atoms with Gasteiger partial charge in [0.25, 0.3) is 0 Å². The maximum Gasteiger partial charge on any atom is 0.233 e. The van der Waals surface area contributed by atoms with E-state index in [9.17, 15) is 4.79 Å². The average molecular weight is 211 g/mol. The molecule has 0 saturated carbocycles. The Kier molecular flexibility index (Phi) is 4.53. The smallest absolute Gasteiger partial charge is 0.233 e. The second-order valence-electron chi connectivity index (χ2n) is 4.17. The third-order valence-corrected chi connectivity index (χ3v) is 2.30. The van der Waals surface area contributed by atoms with Gasteiger partial charge in [0, 0.05) is 18.5 Å². The average Bonchev–Trinajstić information content (AvgIpc) is 2.16. The lowest BCUT2D eigenvalue weighted by atomic mass is 9.89. The monoisotopic (exact) mass is 211 g/mol. The Labute approximate surface area is 89.8 Å². The lowest BCUT2D eigenvalue weighted by Gasteiger charge is -2.38. The highest BCUT2D eigenvalue weighted by Gasteiger charge is 2.32. The molecule has 0 radical (unpaired) electrons. The second-order valence-corrected chi connectivity index (χ2v) is 4.17. The van der Waals surface area contributed by atoms with Crippen LogP contribution in [-0.4, -0.2) is 38.8 Å². The Hall–Kier alpha value is -1.12. The Morgan fingerprint density at radius 1 is 1.60 bits per heavy atom. The molecular formula is C10H17N3O2. The van der Waals surface area contributed by atoms with Crippen molar-refractivity contribution >= 4 is 5.91 Å². The molecule has 1 aliphatic rings. The number of hydrogen-bond acceptors (Lipinski definition) is 4. The van der Waals surface area contributed by atoms with Crippen molar-refractivity contribution in [1.82, 2.24) is 10.6 Å². The third-order valence-electron chi connectivity index (χ3n) is 2.30. The second kappa shape index (κ2) is 5.69. The molecule has 1 amide bonds. The van der Waals surface area contributed by atoms with Crippen molar-refractivity contribution in [3.63, 3.8) is 0 Å². The van der Waals surface area contributed by atoms with Crippen LogP contribution >= 0.6 is 0 Å². The number of hydrogen-bond donors (Lipinski definition) is 2. The summed E-state index contributed by atoms with van der Waals surface area (Å²) in [5.41, 5.74) is 0.187. The summed E-state index contributed by atoms with van der Waals surface area (Å²) in [5.74, 6) is -0.0610. The standard InChI is InChI=1S/C10H17N3O2/c1-10(7-15-8-10)6-12-5-9(14)13-4-2-3-11/h12H,2,4-8H2,1H3,(H,13,14). The van der Waals surface area contributed by atoms with E-state index in [2.05, 4.69) is 17.6 Å². The summed E-state index contributed by atoms with van der Waals surface area (Å²) in [7, 11) is 0. The van der Waals surface area contributed by atoms with E-state index in [0.717, 1.165) is 19.8 Å². The number of nitrogens with one attached hydrogen (secondary N) is 2. The summed E-state index contributed by atoms with van der Waals surface area (Å²) >= 11 is 0. The molecule has 2 N–H and O–H groups in total. The number of rotatable bonds is 6. The topological polar surface area (TPSA) is 74.2 Å². The fraction of sp³-hybridized carbons (Fsp3) is 0.800. The Balaban J connectivity index is 1.99. The van der Waals surface area contributed by atoms with Gasteiger partial charge in [0.1, 0.15) is 0 Å². The number of ether oxygens (including phenoxy) is 1. The molecule has 0 unspecified atom stereocenters. The molecule has 0 atom stereocenters. The van der Waals surface area contributed by atoms with Gasteiger partial charge in [-0.05, 0) is 0 Å².